The predicted octanol–water partition coefficient (Wildman–Crippen LogP) is 0.376. The van der Waals surface area contributed by atoms with Crippen LogP contribution >= 0.6 is 0 Å². The zero-order valence-electron chi connectivity index (χ0n) is 9.34. The molecule has 14 heavy (non-hydrogen) atoms. The van der Waals surface area contributed by atoms with Crippen molar-refractivity contribution in [3.63, 3.8) is 0 Å². The van der Waals surface area contributed by atoms with E-state index in [2.05, 4.69) is 15.1 Å². The van der Waals surface area contributed by atoms with Crippen molar-refractivity contribution in [1.82, 2.24) is 15.1 Å². The lowest BCUT2D eigenvalue weighted by molar-refractivity contribution is 0.126. The summed E-state index contributed by atoms with van der Waals surface area (Å²) >= 11 is 0. The largest absolute Gasteiger partial charge is 0.320 e. The first-order chi connectivity index (χ1) is 6.90. The molecule has 82 valence electrons. The van der Waals surface area contributed by atoms with Gasteiger partial charge in [-0.3, -0.25) is 4.90 Å². The first-order valence-electron chi connectivity index (χ1n) is 6.01. The van der Waals surface area contributed by atoms with Gasteiger partial charge >= 0.3 is 0 Å². The van der Waals surface area contributed by atoms with Gasteiger partial charge in [0.1, 0.15) is 0 Å². The van der Waals surface area contributed by atoms with Crippen LogP contribution in [0.2, 0.25) is 0 Å². The molecule has 0 unspecified atom stereocenters. The molecular weight excluding hydrogens is 174 g/mol. The van der Waals surface area contributed by atoms with E-state index in [1.807, 2.05) is 7.05 Å². The summed E-state index contributed by atoms with van der Waals surface area (Å²) in [7, 11) is 2.03. The van der Waals surface area contributed by atoms with E-state index in [9.17, 15) is 0 Å². The molecule has 0 atom stereocenters. The van der Waals surface area contributed by atoms with E-state index in [-0.39, 0.29) is 0 Å². The molecule has 0 aromatic carbocycles. The number of nitrogens with one attached hydrogen (secondary N) is 1. The molecule has 0 aromatic heterocycles. The van der Waals surface area contributed by atoms with Crippen LogP contribution in [0.1, 0.15) is 19.3 Å². The average Bonchev–Trinajstić information content (AvgIpc) is 3.03. The Morgan fingerprint density at radius 3 is 2.43 bits per heavy atom. The third kappa shape index (κ3) is 2.94. The molecule has 3 nitrogen and oxygen atoms in total. The average molecular weight is 197 g/mol. The molecule has 1 N–H and O–H groups in total. The van der Waals surface area contributed by atoms with E-state index in [0.29, 0.717) is 0 Å². The van der Waals surface area contributed by atoms with Crippen LogP contribution in [-0.4, -0.2) is 62.2 Å². The molecule has 1 saturated heterocycles. The topological polar surface area (TPSA) is 18.5 Å². The third-order valence-corrected chi connectivity index (χ3v) is 3.37. The lowest BCUT2D eigenvalue weighted by atomic mass is 10.3. The molecule has 2 fully saturated rings. The molecule has 0 amide bonds. The lowest BCUT2D eigenvalue weighted by Crippen LogP contribution is -2.47. The van der Waals surface area contributed by atoms with E-state index in [0.717, 1.165) is 12.6 Å². The van der Waals surface area contributed by atoms with Gasteiger partial charge < -0.3 is 10.2 Å². The van der Waals surface area contributed by atoms with Crippen LogP contribution < -0.4 is 5.32 Å². The molecule has 1 aliphatic heterocycles. The lowest BCUT2D eigenvalue weighted by Gasteiger charge is -2.34. The molecule has 1 saturated carbocycles. The van der Waals surface area contributed by atoms with Gasteiger partial charge in [-0.05, 0) is 39.4 Å². The van der Waals surface area contributed by atoms with Gasteiger partial charge in [0.15, 0.2) is 0 Å². The van der Waals surface area contributed by atoms with Gasteiger partial charge in [0, 0.05) is 32.2 Å². The van der Waals surface area contributed by atoms with E-state index in [4.69, 9.17) is 0 Å². The highest BCUT2D eigenvalue weighted by Crippen LogP contribution is 2.27. The van der Waals surface area contributed by atoms with Crippen molar-refractivity contribution in [2.24, 2.45) is 0 Å². The summed E-state index contributed by atoms with van der Waals surface area (Å²) in [4.78, 5) is 5.28. The number of rotatable bonds is 5. The molecule has 0 aromatic rings. The van der Waals surface area contributed by atoms with Gasteiger partial charge in [-0.25, -0.2) is 0 Å². The molecule has 3 heteroatoms. The molecule has 2 rings (SSSR count). The zero-order valence-corrected chi connectivity index (χ0v) is 9.34. The Balaban J connectivity index is 1.58. The van der Waals surface area contributed by atoms with Crippen molar-refractivity contribution in [3.05, 3.63) is 0 Å². The van der Waals surface area contributed by atoms with Crippen LogP contribution in [0.15, 0.2) is 0 Å². The Hall–Kier alpha value is -0.120. The zero-order chi connectivity index (χ0) is 9.80. The fourth-order valence-electron chi connectivity index (χ4n) is 2.27. The molecule has 0 spiro atoms. The Labute approximate surface area is 87.4 Å². The second kappa shape index (κ2) is 5.10. The summed E-state index contributed by atoms with van der Waals surface area (Å²) in [6.45, 7) is 7.64. The Morgan fingerprint density at radius 1 is 1.14 bits per heavy atom. The van der Waals surface area contributed by atoms with Gasteiger partial charge in [-0.1, -0.05) is 0 Å². The van der Waals surface area contributed by atoms with Crippen molar-refractivity contribution in [2.45, 2.75) is 25.3 Å². The van der Waals surface area contributed by atoms with Crippen molar-refractivity contribution >= 4 is 0 Å². The van der Waals surface area contributed by atoms with Crippen LogP contribution in [-0.2, 0) is 0 Å². The SMILES string of the molecule is CNCCCN1CCN(C2CC2)CC1. The monoisotopic (exact) mass is 197 g/mol. The van der Waals surface area contributed by atoms with Crippen molar-refractivity contribution in [1.29, 1.82) is 0 Å². The highest BCUT2D eigenvalue weighted by Gasteiger charge is 2.30. The van der Waals surface area contributed by atoms with Crippen LogP contribution in [0, 0.1) is 0 Å². The molecule has 1 heterocycles. The number of hydrogen-bond acceptors (Lipinski definition) is 3. The van der Waals surface area contributed by atoms with E-state index >= 15 is 0 Å². The fourth-order valence-corrected chi connectivity index (χ4v) is 2.27. The third-order valence-electron chi connectivity index (χ3n) is 3.37. The fraction of sp³-hybridized carbons (Fsp3) is 1.00. The normalized spacial score (nSPS) is 25.5. The Bertz CT molecular complexity index is 160. The molecule has 0 radical (unpaired) electrons. The standard InChI is InChI=1S/C11H23N3/c1-12-5-2-6-13-7-9-14(10-8-13)11-3-4-11/h11-12H,2-10H2,1H3. The Morgan fingerprint density at radius 2 is 1.86 bits per heavy atom. The minimum absolute atomic E-state index is 0.967. The smallest absolute Gasteiger partial charge is 0.0113 e. The number of nitrogens with zero attached hydrogens (tertiary/aromatic N) is 2. The molecular formula is C11H23N3. The summed E-state index contributed by atoms with van der Waals surface area (Å²) in [6.07, 6.45) is 4.21. The van der Waals surface area contributed by atoms with Gasteiger partial charge in [0.2, 0.25) is 0 Å². The quantitative estimate of drug-likeness (QED) is 0.643. The molecule has 2 aliphatic rings. The van der Waals surface area contributed by atoms with Gasteiger partial charge in [-0.15, -0.1) is 0 Å². The summed E-state index contributed by atoms with van der Waals surface area (Å²) < 4.78 is 0. The molecule has 0 bridgehead atoms. The van der Waals surface area contributed by atoms with Gasteiger partial charge in [0.25, 0.3) is 0 Å². The van der Waals surface area contributed by atoms with Crippen molar-refractivity contribution < 1.29 is 0 Å². The summed E-state index contributed by atoms with van der Waals surface area (Å²) in [6, 6.07) is 0.967. The summed E-state index contributed by atoms with van der Waals surface area (Å²) in [5.74, 6) is 0. The van der Waals surface area contributed by atoms with E-state index in [1.54, 1.807) is 0 Å². The van der Waals surface area contributed by atoms with Crippen molar-refractivity contribution in [3.8, 4) is 0 Å². The minimum atomic E-state index is 0.967. The van der Waals surface area contributed by atoms with Crippen LogP contribution in [0.3, 0.4) is 0 Å². The first-order valence-corrected chi connectivity index (χ1v) is 6.01. The van der Waals surface area contributed by atoms with Crippen LogP contribution in [0.4, 0.5) is 0 Å². The minimum Gasteiger partial charge on any atom is -0.320 e. The van der Waals surface area contributed by atoms with Gasteiger partial charge in [0.05, 0.1) is 0 Å². The second-order valence-electron chi connectivity index (χ2n) is 4.57. The van der Waals surface area contributed by atoms with Crippen LogP contribution in [0.25, 0.3) is 0 Å². The van der Waals surface area contributed by atoms with Gasteiger partial charge in [-0.2, -0.15) is 0 Å². The molecule has 1 aliphatic carbocycles. The van der Waals surface area contributed by atoms with Crippen molar-refractivity contribution in [2.75, 3.05) is 46.3 Å². The van der Waals surface area contributed by atoms with E-state index in [1.165, 1.54) is 52.0 Å². The Kier molecular flexibility index (Phi) is 3.79. The first kappa shape index (κ1) is 10.4. The summed E-state index contributed by atoms with van der Waals surface area (Å²) in [5, 5.41) is 3.21. The maximum Gasteiger partial charge on any atom is 0.0113 e. The highest BCUT2D eigenvalue weighted by molar-refractivity contribution is 4.87. The second-order valence-corrected chi connectivity index (χ2v) is 4.57. The predicted molar refractivity (Wildman–Crippen MR) is 59.6 cm³/mol. The number of piperazine rings is 1. The maximum atomic E-state index is 3.21. The van der Waals surface area contributed by atoms with E-state index < -0.39 is 0 Å². The summed E-state index contributed by atoms with van der Waals surface area (Å²) in [5.41, 5.74) is 0. The maximum absolute atomic E-state index is 3.21. The number of hydrogen-bond donors (Lipinski definition) is 1. The van der Waals surface area contributed by atoms with Crippen LogP contribution in [0.5, 0.6) is 0 Å². The highest BCUT2D eigenvalue weighted by atomic mass is 15.3.